The molecule has 1 heterocycles. The summed E-state index contributed by atoms with van der Waals surface area (Å²) in [6.07, 6.45) is 0. The van der Waals surface area contributed by atoms with Crippen LogP contribution in [-0.2, 0) is 0 Å². The zero-order valence-electron chi connectivity index (χ0n) is 8.95. The highest BCUT2D eigenvalue weighted by atomic mass is 16.3. The average molecular weight is 186 g/mol. The molecule has 0 radical (unpaired) electrons. The molecular formula is C10H22N2O. The first-order chi connectivity index (χ1) is 6.17. The SMILES string of the molecule is CCN1C[C@H](CO)[C@@H](NC(C)C)C1. The molecule has 0 bridgehead atoms. The molecule has 0 aromatic rings. The number of aliphatic hydroxyl groups is 1. The first-order valence-corrected chi connectivity index (χ1v) is 5.26. The second-order valence-corrected chi connectivity index (χ2v) is 4.22. The third-order valence-corrected chi connectivity index (χ3v) is 2.75. The van der Waals surface area contributed by atoms with Crippen LogP contribution in [-0.4, -0.2) is 48.3 Å². The molecule has 0 saturated carbocycles. The van der Waals surface area contributed by atoms with E-state index in [-0.39, 0.29) is 0 Å². The lowest BCUT2D eigenvalue weighted by Gasteiger charge is -2.20. The maximum atomic E-state index is 9.20. The van der Waals surface area contributed by atoms with Crippen LogP contribution in [0.15, 0.2) is 0 Å². The van der Waals surface area contributed by atoms with E-state index in [4.69, 9.17) is 0 Å². The molecule has 3 nitrogen and oxygen atoms in total. The van der Waals surface area contributed by atoms with Gasteiger partial charge in [-0.05, 0) is 6.54 Å². The van der Waals surface area contributed by atoms with E-state index in [2.05, 4.69) is 31.0 Å². The van der Waals surface area contributed by atoms with E-state index in [1.165, 1.54) is 0 Å². The average Bonchev–Trinajstić information content (AvgIpc) is 2.46. The summed E-state index contributed by atoms with van der Waals surface area (Å²) in [5.41, 5.74) is 0. The standard InChI is InChI=1S/C10H22N2O/c1-4-12-5-9(7-13)10(6-12)11-8(2)3/h8-11,13H,4-7H2,1-3H3/t9-,10+/m1/s1. The van der Waals surface area contributed by atoms with E-state index in [0.717, 1.165) is 19.6 Å². The van der Waals surface area contributed by atoms with Gasteiger partial charge in [0.15, 0.2) is 0 Å². The minimum absolute atomic E-state index is 0.306. The molecule has 2 atom stereocenters. The van der Waals surface area contributed by atoms with Crippen LogP contribution in [0.3, 0.4) is 0 Å². The number of nitrogens with zero attached hydrogens (tertiary/aromatic N) is 1. The van der Waals surface area contributed by atoms with Crippen LogP contribution in [0.4, 0.5) is 0 Å². The zero-order chi connectivity index (χ0) is 9.84. The molecule has 3 heteroatoms. The molecule has 2 N–H and O–H groups in total. The van der Waals surface area contributed by atoms with E-state index >= 15 is 0 Å². The molecule has 1 aliphatic heterocycles. The second kappa shape index (κ2) is 4.94. The fourth-order valence-electron chi connectivity index (χ4n) is 2.02. The summed E-state index contributed by atoms with van der Waals surface area (Å²) in [4.78, 5) is 2.39. The topological polar surface area (TPSA) is 35.5 Å². The predicted molar refractivity (Wildman–Crippen MR) is 54.7 cm³/mol. The number of aliphatic hydroxyl groups excluding tert-OH is 1. The fraction of sp³-hybridized carbons (Fsp3) is 1.00. The van der Waals surface area contributed by atoms with Gasteiger partial charge in [-0.2, -0.15) is 0 Å². The largest absolute Gasteiger partial charge is 0.396 e. The predicted octanol–water partition coefficient (Wildman–Crippen LogP) is 0.297. The monoisotopic (exact) mass is 186 g/mol. The van der Waals surface area contributed by atoms with Gasteiger partial charge in [-0.1, -0.05) is 20.8 Å². The molecule has 0 aromatic carbocycles. The molecule has 1 aliphatic rings. The smallest absolute Gasteiger partial charge is 0.0486 e. The molecule has 0 spiro atoms. The van der Waals surface area contributed by atoms with Gasteiger partial charge in [0.25, 0.3) is 0 Å². The van der Waals surface area contributed by atoms with Crippen molar-refractivity contribution in [1.82, 2.24) is 10.2 Å². The van der Waals surface area contributed by atoms with Crippen molar-refractivity contribution in [3.8, 4) is 0 Å². The van der Waals surface area contributed by atoms with Gasteiger partial charge >= 0.3 is 0 Å². The lowest BCUT2D eigenvalue weighted by molar-refractivity contribution is 0.206. The summed E-state index contributed by atoms with van der Waals surface area (Å²) in [5.74, 6) is 0.419. The summed E-state index contributed by atoms with van der Waals surface area (Å²) in [7, 11) is 0. The number of hydrogen-bond donors (Lipinski definition) is 2. The Morgan fingerprint density at radius 1 is 1.46 bits per heavy atom. The van der Waals surface area contributed by atoms with E-state index in [1.807, 2.05) is 0 Å². The lowest BCUT2D eigenvalue weighted by atomic mass is 10.0. The summed E-state index contributed by atoms with van der Waals surface area (Å²) >= 11 is 0. The van der Waals surface area contributed by atoms with Gasteiger partial charge in [-0.15, -0.1) is 0 Å². The first kappa shape index (κ1) is 11.0. The van der Waals surface area contributed by atoms with Gasteiger partial charge in [0.2, 0.25) is 0 Å². The number of likely N-dealkylation sites (N-methyl/N-ethyl adjacent to an activating group) is 1. The van der Waals surface area contributed by atoms with E-state index in [1.54, 1.807) is 0 Å². The molecule has 1 fully saturated rings. The van der Waals surface area contributed by atoms with Crippen LogP contribution in [0.5, 0.6) is 0 Å². The number of likely N-dealkylation sites (tertiary alicyclic amines) is 1. The van der Waals surface area contributed by atoms with Crippen molar-refractivity contribution in [1.29, 1.82) is 0 Å². The minimum atomic E-state index is 0.306. The van der Waals surface area contributed by atoms with Crippen molar-refractivity contribution in [3.05, 3.63) is 0 Å². The molecule has 0 aromatic heterocycles. The highest BCUT2D eigenvalue weighted by Crippen LogP contribution is 2.16. The van der Waals surface area contributed by atoms with Gasteiger partial charge in [-0.25, -0.2) is 0 Å². The molecule has 1 saturated heterocycles. The van der Waals surface area contributed by atoms with Crippen LogP contribution in [0.2, 0.25) is 0 Å². The van der Waals surface area contributed by atoms with Gasteiger partial charge in [-0.3, -0.25) is 0 Å². The molecule has 78 valence electrons. The zero-order valence-corrected chi connectivity index (χ0v) is 8.95. The maximum Gasteiger partial charge on any atom is 0.0486 e. The van der Waals surface area contributed by atoms with Crippen LogP contribution in [0, 0.1) is 5.92 Å². The Bertz CT molecular complexity index is 150. The molecule has 0 amide bonds. The Hall–Kier alpha value is -0.120. The van der Waals surface area contributed by atoms with Crippen molar-refractivity contribution in [2.45, 2.75) is 32.9 Å². The third kappa shape index (κ3) is 2.93. The van der Waals surface area contributed by atoms with Crippen LogP contribution < -0.4 is 5.32 Å². The Kier molecular flexibility index (Phi) is 4.16. The maximum absolute atomic E-state index is 9.20. The quantitative estimate of drug-likeness (QED) is 0.663. The Balaban J connectivity index is 2.43. The Morgan fingerprint density at radius 3 is 2.62 bits per heavy atom. The van der Waals surface area contributed by atoms with Crippen LogP contribution >= 0.6 is 0 Å². The molecule has 0 unspecified atom stereocenters. The van der Waals surface area contributed by atoms with E-state index < -0.39 is 0 Å². The summed E-state index contributed by atoms with van der Waals surface area (Å²) in [6, 6.07) is 0.987. The van der Waals surface area contributed by atoms with Gasteiger partial charge in [0.1, 0.15) is 0 Å². The highest BCUT2D eigenvalue weighted by molar-refractivity contribution is 4.88. The highest BCUT2D eigenvalue weighted by Gasteiger charge is 2.31. The fourth-order valence-corrected chi connectivity index (χ4v) is 2.02. The minimum Gasteiger partial charge on any atom is -0.396 e. The molecule has 1 rings (SSSR count). The van der Waals surface area contributed by atoms with Gasteiger partial charge < -0.3 is 15.3 Å². The number of rotatable bonds is 4. The van der Waals surface area contributed by atoms with E-state index in [9.17, 15) is 5.11 Å². The molecular weight excluding hydrogens is 164 g/mol. The number of hydrogen-bond acceptors (Lipinski definition) is 3. The van der Waals surface area contributed by atoms with Crippen LogP contribution in [0.25, 0.3) is 0 Å². The van der Waals surface area contributed by atoms with E-state index in [0.29, 0.717) is 24.6 Å². The van der Waals surface area contributed by atoms with Gasteiger partial charge in [0.05, 0.1) is 0 Å². The van der Waals surface area contributed by atoms with Crippen LogP contribution in [0.1, 0.15) is 20.8 Å². The van der Waals surface area contributed by atoms with Crippen molar-refractivity contribution in [2.75, 3.05) is 26.2 Å². The lowest BCUT2D eigenvalue weighted by Crippen LogP contribution is -2.41. The Morgan fingerprint density at radius 2 is 2.15 bits per heavy atom. The van der Waals surface area contributed by atoms with Crippen molar-refractivity contribution in [3.63, 3.8) is 0 Å². The molecule has 0 aliphatic carbocycles. The summed E-state index contributed by atoms with van der Waals surface area (Å²) < 4.78 is 0. The Labute approximate surface area is 81.1 Å². The normalized spacial score (nSPS) is 30.2. The van der Waals surface area contributed by atoms with Crippen molar-refractivity contribution in [2.24, 2.45) is 5.92 Å². The third-order valence-electron chi connectivity index (χ3n) is 2.75. The van der Waals surface area contributed by atoms with Gasteiger partial charge in [0, 0.05) is 37.7 Å². The summed E-state index contributed by atoms with van der Waals surface area (Å²) in [5, 5.41) is 12.7. The van der Waals surface area contributed by atoms with Crippen molar-refractivity contribution < 1.29 is 5.11 Å². The second-order valence-electron chi connectivity index (χ2n) is 4.22. The molecule has 13 heavy (non-hydrogen) atoms. The summed E-state index contributed by atoms with van der Waals surface area (Å²) in [6.45, 7) is 10.0. The first-order valence-electron chi connectivity index (χ1n) is 5.26. The number of nitrogens with one attached hydrogen (secondary N) is 1. The van der Waals surface area contributed by atoms with Crippen molar-refractivity contribution >= 4 is 0 Å².